The number of hydrogen-bond donors (Lipinski definition) is 5. The number of rotatable bonds is 12. The van der Waals surface area contributed by atoms with Crippen molar-refractivity contribution in [3.05, 3.63) is 89.9 Å². The van der Waals surface area contributed by atoms with Crippen LogP contribution in [0.3, 0.4) is 0 Å². The van der Waals surface area contributed by atoms with Crippen LogP contribution in [-0.2, 0) is 26.0 Å². The Labute approximate surface area is 296 Å². The summed E-state index contributed by atoms with van der Waals surface area (Å²) < 4.78 is 49.6. The van der Waals surface area contributed by atoms with Gasteiger partial charge in [-0.25, -0.2) is 22.6 Å². The zero-order valence-electron chi connectivity index (χ0n) is 28.6. The molecule has 2 heterocycles. The average molecular weight is 717 g/mol. The van der Waals surface area contributed by atoms with Gasteiger partial charge in [0.15, 0.2) is 0 Å². The highest BCUT2D eigenvalue weighted by molar-refractivity contribution is 7.92. The Kier molecular flexibility index (Phi) is 11.2. The zero-order valence-corrected chi connectivity index (χ0v) is 29.5. The van der Waals surface area contributed by atoms with Crippen molar-refractivity contribution in [2.24, 2.45) is 0 Å². The number of alkyl carbamates (subject to hydrolysis) is 1. The molecular formula is C37H41FN6O6S. The van der Waals surface area contributed by atoms with Crippen molar-refractivity contribution in [3.63, 3.8) is 0 Å². The summed E-state index contributed by atoms with van der Waals surface area (Å²) in [7, 11) is -4.20. The van der Waals surface area contributed by atoms with Crippen LogP contribution < -0.4 is 26.4 Å². The number of nitrogen functional groups attached to an aromatic ring is 1. The summed E-state index contributed by atoms with van der Waals surface area (Å²) in [6.07, 6.45) is 3.83. The first kappa shape index (κ1) is 36.8. The first-order valence-corrected chi connectivity index (χ1v) is 18.0. The summed E-state index contributed by atoms with van der Waals surface area (Å²) in [4.78, 5) is 40.3. The van der Waals surface area contributed by atoms with Crippen molar-refractivity contribution in [1.82, 2.24) is 15.6 Å². The molecule has 3 amide bonds. The second kappa shape index (κ2) is 15.6. The van der Waals surface area contributed by atoms with E-state index in [0.29, 0.717) is 61.2 Å². The van der Waals surface area contributed by atoms with Gasteiger partial charge in [0.25, 0.3) is 15.9 Å². The van der Waals surface area contributed by atoms with Crippen molar-refractivity contribution >= 4 is 45.1 Å². The fourth-order valence-electron chi connectivity index (χ4n) is 5.54. The van der Waals surface area contributed by atoms with E-state index in [1.54, 1.807) is 51.1 Å². The van der Waals surface area contributed by atoms with Gasteiger partial charge in [0.1, 0.15) is 17.2 Å². The van der Waals surface area contributed by atoms with Gasteiger partial charge >= 0.3 is 6.09 Å². The van der Waals surface area contributed by atoms with E-state index in [1.807, 2.05) is 6.07 Å². The Bertz CT molecular complexity index is 2060. The molecular weight excluding hydrogens is 676 g/mol. The number of ether oxygens (including phenoxy) is 1. The van der Waals surface area contributed by atoms with Crippen LogP contribution in [0.4, 0.5) is 26.4 Å². The van der Waals surface area contributed by atoms with Gasteiger partial charge in [-0.1, -0.05) is 30.7 Å². The van der Waals surface area contributed by atoms with Crippen molar-refractivity contribution in [2.75, 3.05) is 28.9 Å². The fourth-order valence-corrected chi connectivity index (χ4v) is 6.60. The number of hydrogen-bond acceptors (Lipinski definition) is 8. The molecule has 0 aliphatic carbocycles. The number of amides is 3. The van der Waals surface area contributed by atoms with Gasteiger partial charge in [-0.2, -0.15) is 0 Å². The highest BCUT2D eigenvalue weighted by Crippen LogP contribution is 2.33. The smallest absolute Gasteiger partial charge is 0.407 e. The second-order valence-electron chi connectivity index (χ2n) is 13.2. The second-order valence-corrected chi connectivity index (χ2v) is 14.8. The van der Waals surface area contributed by atoms with E-state index in [1.165, 1.54) is 30.5 Å². The molecule has 0 saturated carbocycles. The molecule has 1 aliphatic rings. The quantitative estimate of drug-likeness (QED) is 0.107. The Balaban J connectivity index is 1.19. The van der Waals surface area contributed by atoms with Crippen molar-refractivity contribution in [3.8, 4) is 22.3 Å². The monoisotopic (exact) mass is 716 g/mol. The number of benzene rings is 3. The summed E-state index contributed by atoms with van der Waals surface area (Å²) in [6, 6.07) is 16.8. The number of unbranched alkanes of at least 4 members (excludes halogenated alkanes) is 2. The van der Waals surface area contributed by atoms with Crippen LogP contribution in [0.2, 0.25) is 0 Å². The van der Waals surface area contributed by atoms with Crippen molar-refractivity contribution in [2.45, 2.75) is 63.4 Å². The molecule has 5 rings (SSSR count). The summed E-state index contributed by atoms with van der Waals surface area (Å²) >= 11 is 0. The number of halogens is 1. The number of nitrogens with two attached hydrogens (primary N) is 1. The maximum atomic E-state index is 15.5. The van der Waals surface area contributed by atoms with E-state index in [2.05, 4.69) is 25.7 Å². The molecule has 268 valence electrons. The van der Waals surface area contributed by atoms with Crippen LogP contribution in [0.25, 0.3) is 22.3 Å². The molecule has 0 radical (unpaired) electrons. The summed E-state index contributed by atoms with van der Waals surface area (Å²) in [5, 5.41) is 8.25. The Hall–Kier alpha value is -5.50. The molecule has 0 saturated heterocycles. The highest BCUT2D eigenvalue weighted by Gasteiger charge is 2.21. The molecule has 0 fully saturated rings. The Morgan fingerprint density at radius 3 is 2.47 bits per heavy atom. The van der Waals surface area contributed by atoms with Crippen LogP contribution >= 0.6 is 0 Å². The van der Waals surface area contributed by atoms with Gasteiger partial charge in [0.2, 0.25) is 5.91 Å². The standard InChI is InChI=1S/C37H41FN6O6S/c1-37(2,3)50-36(47)41-16-6-4-5-10-33(45)43-26-8-7-9-27(20-26)44-51(48,49)28-12-14-29(32(38)21-28)25-19-31(34(39)42-22-25)23-11-13-30-24(18-23)15-17-40-35(30)46/h7-9,11-14,18-22,44H,4-6,10,15-17H2,1-3H3,(H2,39,42)(H,40,46)(H,41,47)(H,43,45). The molecule has 1 aromatic heterocycles. The van der Waals surface area contributed by atoms with E-state index in [9.17, 15) is 22.8 Å². The van der Waals surface area contributed by atoms with E-state index in [0.717, 1.165) is 17.2 Å². The van der Waals surface area contributed by atoms with Gasteiger partial charge in [-0.15, -0.1) is 0 Å². The minimum Gasteiger partial charge on any atom is -0.444 e. The maximum Gasteiger partial charge on any atom is 0.407 e. The Morgan fingerprint density at radius 2 is 1.71 bits per heavy atom. The molecule has 51 heavy (non-hydrogen) atoms. The number of pyridine rings is 1. The van der Waals surface area contributed by atoms with E-state index < -0.39 is 27.5 Å². The third-order valence-corrected chi connectivity index (χ3v) is 9.35. The lowest BCUT2D eigenvalue weighted by molar-refractivity contribution is -0.116. The zero-order chi connectivity index (χ0) is 36.8. The predicted octanol–water partition coefficient (Wildman–Crippen LogP) is 6.25. The SMILES string of the molecule is CC(C)(C)OC(=O)NCCCCCC(=O)Nc1cccc(NS(=O)(=O)c2ccc(-c3cnc(N)c(-c4ccc5c(c4)CCNC5=O)c3)c(F)c2)c1. The summed E-state index contributed by atoms with van der Waals surface area (Å²) in [6.45, 7) is 6.32. The minimum atomic E-state index is -4.20. The summed E-state index contributed by atoms with van der Waals surface area (Å²) in [5.74, 6) is -0.933. The van der Waals surface area contributed by atoms with Crippen LogP contribution in [0.5, 0.6) is 0 Å². The molecule has 1 aliphatic heterocycles. The van der Waals surface area contributed by atoms with E-state index >= 15 is 4.39 Å². The number of sulfonamides is 1. The topological polar surface area (TPSA) is 182 Å². The average Bonchev–Trinajstić information content (AvgIpc) is 3.06. The molecule has 12 nitrogen and oxygen atoms in total. The lowest BCUT2D eigenvalue weighted by Crippen LogP contribution is -2.33. The normalized spacial score (nSPS) is 12.7. The lowest BCUT2D eigenvalue weighted by atomic mass is 9.94. The molecule has 6 N–H and O–H groups in total. The number of anilines is 3. The van der Waals surface area contributed by atoms with E-state index in [-0.39, 0.29) is 40.2 Å². The number of aromatic nitrogens is 1. The maximum absolute atomic E-state index is 15.5. The number of carbonyl (C=O) groups is 3. The number of nitrogens with one attached hydrogen (secondary N) is 4. The predicted molar refractivity (Wildman–Crippen MR) is 194 cm³/mol. The first-order valence-electron chi connectivity index (χ1n) is 16.5. The van der Waals surface area contributed by atoms with Crippen molar-refractivity contribution < 1.29 is 31.9 Å². The number of nitrogens with zero attached hydrogens (tertiary/aromatic N) is 1. The minimum absolute atomic E-state index is 0.129. The molecule has 0 unspecified atom stereocenters. The fraction of sp³-hybridized carbons (Fsp3) is 0.297. The molecule has 0 spiro atoms. The molecule has 14 heteroatoms. The van der Waals surface area contributed by atoms with Gasteiger partial charge in [-0.3, -0.25) is 14.3 Å². The largest absolute Gasteiger partial charge is 0.444 e. The van der Waals surface area contributed by atoms with Gasteiger partial charge in [0.05, 0.1) is 10.6 Å². The lowest BCUT2D eigenvalue weighted by Gasteiger charge is -2.19. The van der Waals surface area contributed by atoms with Crippen molar-refractivity contribution in [1.29, 1.82) is 0 Å². The Morgan fingerprint density at radius 1 is 0.941 bits per heavy atom. The van der Waals surface area contributed by atoms with Gasteiger partial charge in [-0.05, 0) is 93.6 Å². The molecule has 3 aromatic carbocycles. The van der Waals surface area contributed by atoms with Crippen LogP contribution in [0.1, 0.15) is 62.4 Å². The summed E-state index contributed by atoms with van der Waals surface area (Å²) in [5.41, 5.74) is 9.45. The van der Waals surface area contributed by atoms with Crippen LogP contribution in [0.15, 0.2) is 77.8 Å². The third-order valence-electron chi connectivity index (χ3n) is 7.97. The van der Waals surface area contributed by atoms with Crippen LogP contribution in [0, 0.1) is 5.82 Å². The number of fused-ring (bicyclic) bond motifs is 1. The van der Waals surface area contributed by atoms with Gasteiger partial charge < -0.3 is 26.4 Å². The van der Waals surface area contributed by atoms with Gasteiger partial charge in [0, 0.05) is 53.6 Å². The molecule has 0 atom stereocenters. The van der Waals surface area contributed by atoms with Crippen LogP contribution in [-0.4, -0.2) is 50.0 Å². The third kappa shape index (κ3) is 9.81. The highest BCUT2D eigenvalue weighted by atomic mass is 32.2. The molecule has 0 bridgehead atoms. The van der Waals surface area contributed by atoms with E-state index in [4.69, 9.17) is 10.5 Å². The number of carbonyl (C=O) groups excluding carboxylic acids is 3. The first-order chi connectivity index (χ1) is 24.2. The molecule has 4 aromatic rings.